The highest BCUT2D eigenvalue weighted by Crippen LogP contribution is 2.40. The predicted octanol–water partition coefficient (Wildman–Crippen LogP) is 3.08. The average molecular weight is 246 g/mol. The van der Waals surface area contributed by atoms with Gasteiger partial charge in [-0.25, -0.2) is 4.79 Å². The first-order valence-corrected chi connectivity index (χ1v) is 7.31. The molecule has 0 aromatic heterocycles. The Morgan fingerprint density at radius 2 is 2.47 bits per heavy atom. The van der Waals surface area contributed by atoms with Crippen molar-refractivity contribution in [1.82, 2.24) is 0 Å². The van der Waals surface area contributed by atoms with E-state index >= 15 is 0 Å². The summed E-state index contributed by atoms with van der Waals surface area (Å²) < 4.78 is 5.46. The summed E-state index contributed by atoms with van der Waals surface area (Å²) in [4.78, 5) is 10.9. The molecule has 1 fully saturated rings. The molecule has 0 bridgehead atoms. The zero-order chi connectivity index (χ0) is 11.1. The number of thioether (sulfide) groups is 2. The topological polar surface area (TPSA) is 26.3 Å². The van der Waals surface area contributed by atoms with Crippen LogP contribution in [0.25, 0.3) is 0 Å². The molecule has 1 rings (SSSR count). The first-order chi connectivity index (χ1) is 7.26. The largest absolute Gasteiger partial charge is 0.460 e. The molecule has 1 aliphatic heterocycles. The zero-order valence-corrected chi connectivity index (χ0v) is 10.7. The van der Waals surface area contributed by atoms with Gasteiger partial charge in [0.15, 0.2) is 0 Å². The van der Waals surface area contributed by atoms with Crippen LogP contribution < -0.4 is 0 Å². The van der Waals surface area contributed by atoms with Crippen molar-refractivity contribution in [3.05, 3.63) is 12.7 Å². The van der Waals surface area contributed by atoms with Crippen LogP contribution in [0.5, 0.6) is 0 Å². The molecule has 1 aliphatic rings. The molecule has 2 atom stereocenters. The average Bonchev–Trinajstić information content (AvgIpc) is 2.71. The number of carbonyl (C=O) groups is 1. The van der Waals surface area contributed by atoms with Gasteiger partial charge in [0.05, 0.1) is 4.58 Å². The van der Waals surface area contributed by atoms with E-state index < -0.39 is 0 Å². The van der Waals surface area contributed by atoms with E-state index in [9.17, 15) is 4.79 Å². The third kappa shape index (κ3) is 4.98. The van der Waals surface area contributed by atoms with Crippen LogP contribution in [0.3, 0.4) is 0 Å². The van der Waals surface area contributed by atoms with Crippen LogP contribution in [-0.4, -0.2) is 28.2 Å². The van der Waals surface area contributed by atoms with Crippen molar-refractivity contribution in [2.45, 2.75) is 36.0 Å². The number of hydrogen-bond acceptors (Lipinski definition) is 4. The first-order valence-electron chi connectivity index (χ1n) is 5.32. The molecular formula is C11H18O2S2. The SMILES string of the molecule is C=CC(=O)OCC1SCC(CCCC)S1. The second-order valence-corrected chi connectivity index (χ2v) is 6.54. The molecule has 1 heterocycles. The van der Waals surface area contributed by atoms with Crippen LogP contribution in [0, 0.1) is 0 Å². The highest BCUT2D eigenvalue weighted by molar-refractivity contribution is 8.20. The van der Waals surface area contributed by atoms with Gasteiger partial charge in [0.25, 0.3) is 0 Å². The molecule has 0 radical (unpaired) electrons. The van der Waals surface area contributed by atoms with Crippen molar-refractivity contribution in [1.29, 1.82) is 0 Å². The van der Waals surface area contributed by atoms with Crippen LogP contribution in [0.15, 0.2) is 12.7 Å². The third-order valence-electron chi connectivity index (χ3n) is 2.22. The summed E-state index contributed by atoms with van der Waals surface area (Å²) in [7, 11) is 0. The van der Waals surface area contributed by atoms with Gasteiger partial charge in [-0.3, -0.25) is 0 Å². The summed E-state index contributed by atoms with van der Waals surface area (Å²) in [6.07, 6.45) is 5.08. The van der Waals surface area contributed by atoms with Gasteiger partial charge in [-0.05, 0) is 6.42 Å². The Bertz CT molecular complexity index is 219. The highest BCUT2D eigenvalue weighted by Gasteiger charge is 2.26. The normalized spacial score (nSPS) is 25.1. The van der Waals surface area contributed by atoms with Gasteiger partial charge in [0.2, 0.25) is 0 Å². The maximum Gasteiger partial charge on any atom is 0.330 e. The summed E-state index contributed by atoms with van der Waals surface area (Å²) in [6, 6.07) is 0. The van der Waals surface area contributed by atoms with Crippen LogP contribution in [0.4, 0.5) is 0 Å². The summed E-state index contributed by atoms with van der Waals surface area (Å²) >= 11 is 3.86. The number of unbranched alkanes of at least 4 members (excludes halogenated alkanes) is 1. The monoisotopic (exact) mass is 246 g/mol. The van der Waals surface area contributed by atoms with Crippen molar-refractivity contribution in [2.75, 3.05) is 12.4 Å². The van der Waals surface area contributed by atoms with E-state index in [0.29, 0.717) is 11.2 Å². The number of esters is 1. The molecule has 0 saturated carbocycles. The Hall–Kier alpha value is -0.0900. The summed E-state index contributed by atoms with van der Waals surface area (Å²) in [5.74, 6) is 0.884. The van der Waals surface area contributed by atoms with Crippen LogP contribution >= 0.6 is 23.5 Å². The van der Waals surface area contributed by atoms with Crippen molar-refractivity contribution in [3.63, 3.8) is 0 Å². The quantitative estimate of drug-likeness (QED) is 0.531. The Balaban J connectivity index is 2.13. The van der Waals surface area contributed by atoms with E-state index in [1.165, 1.54) is 31.1 Å². The highest BCUT2D eigenvalue weighted by atomic mass is 32.2. The standard InChI is InChI=1S/C11H18O2S2/c1-3-5-6-9-8-14-11(15-9)7-13-10(12)4-2/h4,9,11H,2-3,5-8H2,1H3. The minimum Gasteiger partial charge on any atom is -0.460 e. The van der Waals surface area contributed by atoms with Crippen LogP contribution in [-0.2, 0) is 9.53 Å². The predicted molar refractivity (Wildman–Crippen MR) is 68.3 cm³/mol. The van der Waals surface area contributed by atoms with Crippen molar-refractivity contribution >= 4 is 29.5 Å². The molecule has 4 heteroatoms. The van der Waals surface area contributed by atoms with Gasteiger partial charge < -0.3 is 4.74 Å². The van der Waals surface area contributed by atoms with Gasteiger partial charge in [-0.15, -0.1) is 23.5 Å². The van der Waals surface area contributed by atoms with Gasteiger partial charge in [-0.2, -0.15) is 0 Å². The molecule has 2 unspecified atom stereocenters. The lowest BCUT2D eigenvalue weighted by atomic mass is 10.2. The van der Waals surface area contributed by atoms with Crippen molar-refractivity contribution < 1.29 is 9.53 Å². The van der Waals surface area contributed by atoms with Crippen molar-refractivity contribution in [2.24, 2.45) is 0 Å². The fourth-order valence-corrected chi connectivity index (χ4v) is 4.60. The molecule has 2 nitrogen and oxygen atoms in total. The number of ether oxygens (including phenoxy) is 1. The lowest BCUT2D eigenvalue weighted by molar-refractivity contribution is -0.137. The minimum absolute atomic E-state index is 0.312. The summed E-state index contributed by atoms with van der Waals surface area (Å²) in [6.45, 7) is 6.11. The molecule has 86 valence electrons. The van der Waals surface area contributed by atoms with Crippen molar-refractivity contribution in [3.8, 4) is 0 Å². The minimum atomic E-state index is -0.312. The second-order valence-electron chi connectivity index (χ2n) is 3.50. The Morgan fingerprint density at radius 1 is 1.67 bits per heavy atom. The maximum absolute atomic E-state index is 10.9. The first kappa shape index (κ1) is 13.0. The Morgan fingerprint density at radius 3 is 3.13 bits per heavy atom. The molecular weight excluding hydrogens is 228 g/mol. The third-order valence-corrected chi connectivity index (χ3v) is 5.50. The van der Waals surface area contributed by atoms with E-state index in [2.05, 4.69) is 13.5 Å². The van der Waals surface area contributed by atoms with Gasteiger partial charge in [-0.1, -0.05) is 26.3 Å². The van der Waals surface area contributed by atoms with E-state index in [-0.39, 0.29) is 5.97 Å². The molecule has 1 saturated heterocycles. The van der Waals surface area contributed by atoms with E-state index in [0.717, 1.165) is 5.25 Å². The Labute approximate surface area is 100 Å². The lowest BCUT2D eigenvalue weighted by Crippen LogP contribution is -2.10. The number of rotatable bonds is 6. The summed E-state index contributed by atoms with van der Waals surface area (Å²) in [5.41, 5.74) is 0. The second kappa shape index (κ2) is 7.23. The van der Waals surface area contributed by atoms with Gasteiger partial charge >= 0.3 is 5.97 Å². The van der Waals surface area contributed by atoms with E-state index in [1.807, 2.05) is 23.5 Å². The molecule has 0 N–H and O–H groups in total. The smallest absolute Gasteiger partial charge is 0.330 e. The molecule has 0 spiro atoms. The lowest BCUT2D eigenvalue weighted by Gasteiger charge is -2.09. The number of carbonyl (C=O) groups excluding carboxylic acids is 1. The molecule has 0 aromatic carbocycles. The molecule has 0 amide bonds. The van der Waals surface area contributed by atoms with Crippen LogP contribution in [0.1, 0.15) is 26.2 Å². The summed E-state index contributed by atoms with van der Waals surface area (Å²) in [5, 5.41) is 0.752. The molecule has 15 heavy (non-hydrogen) atoms. The zero-order valence-electron chi connectivity index (χ0n) is 9.11. The fraction of sp³-hybridized carbons (Fsp3) is 0.727. The van der Waals surface area contributed by atoms with Gasteiger partial charge in [0, 0.05) is 17.1 Å². The van der Waals surface area contributed by atoms with E-state index in [1.54, 1.807) is 0 Å². The Kier molecular flexibility index (Phi) is 6.25. The maximum atomic E-state index is 10.9. The van der Waals surface area contributed by atoms with E-state index in [4.69, 9.17) is 4.74 Å². The number of hydrogen-bond donors (Lipinski definition) is 0. The van der Waals surface area contributed by atoms with Gasteiger partial charge in [0.1, 0.15) is 6.61 Å². The fourth-order valence-electron chi connectivity index (χ4n) is 1.39. The van der Waals surface area contributed by atoms with Crippen LogP contribution in [0.2, 0.25) is 0 Å². The molecule has 0 aromatic rings. The molecule has 0 aliphatic carbocycles.